The minimum atomic E-state index is -0.734. The lowest BCUT2D eigenvalue weighted by Crippen LogP contribution is -2.31. The molecular weight excluding hydrogens is 332 g/mol. The summed E-state index contributed by atoms with van der Waals surface area (Å²) in [5.41, 5.74) is 1.21. The lowest BCUT2D eigenvalue weighted by Gasteiger charge is -2.27. The summed E-state index contributed by atoms with van der Waals surface area (Å²) in [5.74, 6) is 0.235. The van der Waals surface area contributed by atoms with Crippen molar-refractivity contribution in [3.05, 3.63) is 35.9 Å². The predicted octanol–water partition coefficient (Wildman–Crippen LogP) is 3.66. The van der Waals surface area contributed by atoms with E-state index in [1.807, 2.05) is 18.2 Å². The largest absolute Gasteiger partial charge is 0.481 e. The van der Waals surface area contributed by atoms with Crippen molar-refractivity contribution < 1.29 is 24.1 Å². The van der Waals surface area contributed by atoms with Crippen molar-refractivity contribution in [1.82, 2.24) is 0 Å². The number of carboxylic acid groups (broad SMARTS) is 1. The first-order chi connectivity index (χ1) is 12.7. The molecule has 5 nitrogen and oxygen atoms in total. The van der Waals surface area contributed by atoms with Gasteiger partial charge in [0, 0.05) is 25.6 Å². The highest BCUT2D eigenvalue weighted by atomic mass is 16.5. The molecule has 2 saturated heterocycles. The van der Waals surface area contributed by atoms with Crippen LogP contribution in [0.1, 0.15) is 44.1 Å². The number of ether oxygens (including phenoxy) is 3. The van der Waals surface area contributed by atoms with Crippen molar-refractivity contribution >= 4 is 5.97 Å². The standard InChI is InChI=1S/C21H30O5/c22-21(23)8-4-5-12-24-15-18-17(19-9-10-20(18)26-19)11-13-25-14-16-6-2-1-3-7-16/h1-3,6-7,17-20H,4-5,8-15H2,(H,22,23)/t17-,18+,19-,20+/m1/s1. The maximum absolute atomic E-state index is 10.5. The van der Waals surface area contributed by atoms with Gasteiger partial charge >= 0.3 is 5.97 Å². The molecule has 3 rings (SSSR count). The smallest absolute Gasteiger partial charge is 0.303 e. The number of hydrogen-bond acceptors (Lipinski definition) is 4. The Morgan fingerprint density at radius 3 is 2.58 bits per heavy atom. The molecule has 2 bridgehead atoms. The number of aliphatic carboxylic acids is 1. The summed E-state index contributed by atoms with van der Waals surface area (Å²) in [6, 6.07) is 10.3. The molecule has 1 aromatic rings. The fraction of sp³-hybridized carbons (Fsp3) is 0.667. The van der Waals surface area contributed by atoms with Gasteiger partial charge in [-0.15, -0.1) is 0 Å². The Labute approximate surface area is 155 Å². The maximum atomic E-state index is 10.5. The summed E-state index contributed by atoms with van der Waals surface area (Å²) in [5, 5.41) is 8.66. The number of fused-ring (bicyclic) bond motifs is 2. The van der Waals surface area contributed by atoms with Gasteiger partial charge in [0.1, 0.15) is 0 Å². The predicted molar refractivity (Wildman–Crippen MR) is 97.9 cm³/mol. The molecule has 5 heteroatoms. The van der Waals surface area contributed by atoms with E-state index in [1.165, 1.54) is 5.56 Å². The van der Waals surface area contributed by atoms with Crippen molar-refractivity contribution in [2.75, 3.05) is 19.8 Å². The van der Waals surface area contributed by atoms with Gasteiger partial charge in [0.15, 0.2) is 0 Å². The SMILES string of the molecule is O=C(O)CCCCOC[C@H]1[C@@H](CCOCc2ccccc2)[C@H]2CC[C@@H]1O2. The second-order valence-corrected chi connectivity index (χ2v) is 7.37. The molecule has 2 fully saturated rings. The zero-order valence-corrected chi connectivity index (χ0v) is 15.3. The molecule has 0 amide bonds. The highest BCUT2D eigenvalue weighted by molar-refractivity contribution is 5.66. The first kappa shape index (κ1) is 19.3. The van der Waals surface area contributed by atoms with Crippen LogP contribution in [0.15, 0.2) is 30.3 Å². The van der Waals surface area contributed by atoms with Crippen molar-refractivity contribution in [3.8, 4) is 0 Å². The number of benzene rings is 1. The minimum absolute atomic E-state index is 0.224. The van der Waals surface area contributed by atoms with Crippen molar-refractivity contribution in [2.24, 2.45) is 11.8 Å². The molecular formula is C21H30O5. The quantitative estimate of drug-likeness (QED) is 0.575. The van der Waals surface area contributed by atoms with E-state index in [1.54, 1.807) is 0 Å². The highest BCUT2D eigenvalue weighted by Crippen LogP contribution is 2.45. The van der Waals surface area contributed by atoms with Gasteiger partial charge in [-0.2, -0.15) is 0 Å². The van der Waals surface area contributed by atoms with Crippen LogP contribution < -0.4 is 0 Å². The van der Waals surface area contributed by atoms with Gasteiger partial charge in [0.2, 0.25) is 0 Å². The molecule has 2 heterocycles. The van der Waals surface area contributed by atoms with Gasteiger partial charge < -0.3 is 19.3 Å². The molecule has 0 spiro atoms. The summed E-state index contributed by atoms with van der Waals surface area (Å²) in [7, 11) is 0. The molecule has 1 N–H and O–H groups in total. The van der Waals surface area contributed by atoms with Gasteiger partial charge in [-0.25, -0.2) is 0 Å². The lowest BCUT2D eigenvalue weighted by molar-refractivity contribution is -0.137. The summed E-state index contributed by atoms with van der Waals surface area (Å²) in [4.78, 5) is 10.5. The fourth-order valence-electron chi connectivity index (χ4n) is 4.18. The second-order valence-electron chi connectivity index (χ2n) is 7.37. The van der Waals surface area contributed by atoms with Crippen LogP contribution in [0.2, 0.25) is 0 Å². The van der Waals surface area contributed by atoms with Crippen LogP contribution in [0.25, 0.3) is 0 Å². The average molecular weight is 362 g/mol. The van der Waals surface area contributed by atoms with E-state index in [0.717, 1.165) is 38.9 Å². The molecule has 144 valence electrons. The monoisotopic (exact) mass is 362 g/mol. The van der Waals surface area contributed by atoms with Crippen LogP contribution in [0.5, 0.6) is 0 Å². The Kier molecular flexibility index (Phi) is 7.47. The van der Waals surface area contributed by atoms with E-state index in [2.05, 4.69) is 12.1 Å². The summed E-state index contributed by atoms with van der Waals surface area (Å²) >= 11 is 0. The third kappa shape index (κ3) is 5.53. The molecule has 2 aliphatic heterocycles. The Bertz CT molecular complexity index is 547. The van der Waals surface area contributed by atoms with Crippen LogP contribution in [0.4, 0.5) is 0 Å². The van der Waals surface area contributed by atoms with Gasteiger partial charge in [-0.05, 0) is 43.6 Å². The van der Waals surface area contributed by atoms with E-state index >= 15 is 0 Å². The number of unbranched alkanes of at least 4 members (excludes halogenated alkanes) is 1. The normalized spacial score (nSPS) is 27.1. The minimum Gasteiger partial charge on any atom is -0.481 e. The maximum Gasteiger partial charge on any atom is 0.303 e. The van der Waals surface area contributed by atoms with Crippen LogP contribution in [-0.2, 0) is 25.6 Å². The van der Waals surface area contributed by atoms with Gasteiger partial charge in [0.25, 0.3) is 0 Å². The van der Waals surface area contributed by atoms with Crippen LogP contribution in [-0.4, -0.2) is 43.1 Å². The van der Waals surface area contributed by atoms with Gasteiger partial charge in [0.05, 0.1) is 25.4 Å². The third-order valence-corrected chi connectivity index (χ3v) is 5.54. The first-order valence-corrected chi connectivity index (χ1v) is 9.80. The zero-order chi connectivity index (χ0) is 18.2. The first-order valence-electron chi connectivity index (χ1n) is 9.80. The Morgan fingerprint density at radius 2 is 1.81 bits per heavy atom. The summed E-state index contributed by atoms with van der Waals surface area (Å²) < 4.78 is 17.8. The Balaban J connectivity index is 1.34. The number of carboxylic acids is 1. The van der Waals surface area contributed by atoms with E-state index in [9.17, 15) is 4.79 Å². The average Bonchev–Trinajstić information content (AvgIpc) is 3.24. The topological polar surface area (TPSA) is 65.0 Å². The second kappa shape index (κ2) is 10.0. The molecule has 4 atom stereocenters. The van der Waals surface area contributed by atoms with E-state index < -0.39 is 5.97 Å². The molecule has 1 aromatic carbocycles. The lowest BCUT2D eigenvalue weighted by atomic mass is 9.78. The van der Waals surface area contributed by atoms with E-state index in [4.69, 9.17) is 19.3 Å². The zero-order valence-electron chi connectivity index (χ0n) is 15.3. The number of hydrogen-bond donors (Lipinski definition) is 1. The summed E-state index contributed by atoms with van der Waals surface area (Å²) in [6.07, 6.45) is 5.71. The van der Waals surface area contributed by atoms with Gasteiger partial charge in [-0.1, -0.05) is 30.3 Å². The van der Waals surface area contributed by atoms with E-state index in [-0.39, 0.29) is 6.42 Å². The molecule has 0 saturated carbocycles. The number of rotatable bonds is 12. The Morgan fingerprint density at radius 1 is 1.04 bits per heavy atom. The molecule has 0 unspecified atom stereocenters. The van der Waals surface area contributed by atoms with Gasteiger partial charge in [-0.3, -0.25) is 4.79 Å². The molecule has 0 radical (unpaired) electrons. The van der Waals surface area contributed by atoms with Crippen LogP contribution >= 0.6 is 0 Å². The Hall–Kier alpha value is -1.43. The van der Waals surface area contributed by atoms with Crippen molar-refractivity contribution in [2.45, 2.75) is 57.3 Å². The molecule has 0 aromatic heterocycles. The molecule has 26 heavy (non-hydrogen) atoms. The van der Waals surface area contributed by atoms with Crippen molar-refractivity contribution in [3.63, 3.8) is 0 Å². The van der Waals surface area contributed by atoms with Crippen LogP contribution in [0.3, 0.4) is 0 Å². The third-order valence-electron chi connectivity index (χ3n) is 5.54. The van der Waals surface area contributed by atoms with E-state index in [0.29, 0.717) is 43.7 Å². The number of carbonyl (C=O) groups is 1. The fourth-order valence-corrected chi connectivity index (χ4v) is 4.18. The van der Waals surface area contributed by atoms with Crippen LogP contribution in [0, 0.1) is 11.8 Å². The summed E-state index contributed by atoms with van der Waals surface area (Å²) in [6.45, 7) is 2.77. The molecule has 2 aliphatic rings. The highest BCUT2D eigenvalue weighted by Gasteiger charge is 2.48. The van der Waals surface area contributed by atoms with Crippen molar-refractivity contribution in [1.29, 1.82) is 0 Å². The molecule has 0 aliphatic carbocycles.